The van der Waals surface area contributed by atoms with Gasteiger partial charge in [-0.15, -0.1) is 11.3 Å². The molecule has 0 amide bonds. The van der Waals surface area contributed by atoms with Gasteiger partial charge in [-0.2, -0.15) is 0 Å². The third kappa shape index (κ3) is 5.01. The fraction of sp³-hybridized carbons (Fsp3) is 0.545. The van der Waals surface area contributed by atoms with E-state index in [1.54, 1.807) is 11.3 Å². The molecule has 0 spiro atoms. The summed E-state index contributed by atoms with van der Waals surface area (Å²) in [5, 5.41) is 3.35. The third-order valence-corrected chi connectivity index (χ3v) is 6.79. The van der Waals surface area contributed by atoms with Crippen molar-refractivity contribution in [1.82, 2.24) is 5.32 Å². The van der Waals surface area contributed by atoms with Crippen LogP contribution in [0.1, 0.15) is 58.3 Å². The average molecular weight is 482 g/mol. The van der Waals surface area contributed by atoms with Gasteiger partial charge in [-0.05, 0) is 60.7 Å². The monoisotopic (exact) mass is 481 g/mol. The Morgan fingerprint density at radius 3 is 2.66 bits per heavy atom. The maximum absolute atomic E-state index is 13.1. The first-order valence-electron chi connectivity index (χ1n) is 9.87. The average Bonchev–Trinajstić information content (AvgIpc) is 3.02. The fourth-order valence-corrected chi connectivity index (χ4v) is 5.51. The van der Waals surface area contributed by atoms with Crippen LogP contribution in [0.15, 0.2) is 38.5 Å². The van der Waals surface area contributed by atoms with Gasteiger partial charge in [-0.1, -0.05) is 13.8 Å². The molecule has 3 rings (SSSR count). The van der Waals surface area contributed by atoms with Gasteiger partial charge < -0.3 is 14.8 Å². The maximum atomic E-state index is 13.1. The van der Waals surface area contributed by atoms with E-state index in [9.17, 15) is 9.59 Å². The first-order chi connectivity index (χ1) is 13.6. The highest BCUT2D eigenvalue weighted by Gasteiger charge is 2.43. The number of nitrogens with one attached hydrogen (secondary N) is 1. The number of ketones is 1. The Morgan fingerprint density at radius 2 is 2.03 bits per heavy atom. The zero-order chi connectivity index (χ0) is 21.3. The van der Waals surface area contributed by atoms with E-state index < -0.39 is 11.9 Å². The number of carbonyl (C=O) groups excluding carboxylic acids is 2. The lowest BCUT2D eigenvalue weighted by Crippen LogP contribution is -2.38. The first kappa shape index (κ1) is 22.2. The Morgan fingerprint density at radius 1 is 1.31 bits per heavy atom. The smallest absolute Gasteiger partial charge is 0.336 e. The summed E-state index contributed by atoms with van der Waals surface area (Å²) < 4.78 is 11.9. The molecule has 0 fully saturated rings. The highest BCUT2D eigenvalue weighted by molar-refractivity contribution is 9.11. The molecule has 1 aromatic heterocycles. The van der Waals surface area contributed by atoms with Crippen LogP contribution in [0.2, 0.25) is 0 Å². The summed E-state index contributed by atoms with van der Waals surface area (Å²) in [6.45, 7) is 10.5. The predicted octanol–water partition coefficient (Wildman–Crippen LogP) is 5.08. The number of rotatable bonds is 6. The SMILES string of the molecule is CC1=C(C(=O)OCCOC(C)C)[C@H](c2ccc(Br)s2)C2=C(CC(C)(C)CC2=O)N1. The van der Waals surface area contributed by atoms with Gasteiger partial charge in [0.1, 0.15) is 6.61 Å². The zero-order valence-corrected chi connectivity index (χ0v) is 20.0. The van der Waals surface area contributed by atoms with Crippen molar-refractivity contribution in [1.29, 1.82) is 0 Å². The van der Waals surface area contributed by atoms with E-state index in [-0.39, 0.29) is 23.9 Å². The minimum atomic E-state index is -0.402. The lowest BCUT2D eigenvalue weighted by atomic mass is 9.70. The zero-order valence-electron chi connectivity index (χ0n) is 17.6. The quantitative estimate of drug-likeness (QED) is 0.453. The van der Waals surface area contributed by atoms with Crippen LogP contribution in [-0.2, 0) is 19.1 Å². The molecule has 158 valence electrons. The third-order valence-electron chi connectivity index (χ3n) is 5.11. The molecule has 1 aliphatic heterocycles. The van der Waals surface area contributed by atoms with E-state index in [0.29, 0.717) is 24.2 Å². The van der Waals surface area contributed by atoms with E-state index in [2.05, 4.69) is 35.1 Å². The molecule has 0 radical (unpaired) electrons. The number of halogens is 1. The molecule has 0 saturated heterocycles. The molecule has 0 unspecified atom stereocenters. The van der Waals surface area contributed by atoms with Gasteiger partial charge in [0.25, 0.3) is 0 Å². The Hall–Kier alpha value is -1.44. The van der Waals surface area contributed by atoms with Crippen LogP contribution in [0.4, 0.5) is 0 Å². The van der Waals surface area contributed by atoms with Crippen molar-refractivity contribution >= 4 is 39.0 Å². The summed E-state index contributed by atoms with van der Waals surface area (Å²) in [6, 6.07) is 3.93. The van der Waals surface area contributed by atoms with E-state index in [0.717, 1.165) is 26.5 Å². The van der Waals surface area contributed by atoms with Crippen LogP contribution in [-0.4, -0.2) is 31.1 Å². The molecule has 2 aliphatic rings. The van der Waals surface area contributed by atoms with Crippen molar-refractivity contribution in [2.45, 2.75) is 59.5 Å². The maximum Gasteiger partial charge on any atom is 0.336 e. The van der Waals surface area contributed by atoms with Gasteiger partial charge in [0.15, 0.2) is 5.78 Å². The molecule has 0 saturated carbocycles. The Balaban J connectivity index is 1.95. The van der Waals surface area contributed by atoms with Crippen LogP contribution in [0.5, 0.6) is 0 Å². The second kappa shape index (κ2) is 8.74. The van der Waals surface area contributed by atoms with Crippen LogP contribution in [0.3, 0.4) is 0 Å². The number of Topliss-reactive ketones (excluding diaryl/α,β-unsaturated/α-hetero) is 1. The first-order valence-corrected chi connectivity index (χ1v) is 11.5. The summed E-state index contributed by atoms with van der Waals surface area (Å²) >= 11 is 5.05. The highest BCUT2D eigenvalue weighted by atomic mass is 79.9. The Bertz CT molecular complexity index is 881. The standard InChI is InChI=1S/C22H28BrNO4S/c1-12(2)27-8-9-28-21(26)18-13(3)24-14-10-22(4,5)11-15(25)19(14)20(18)16-6-7-17(23)29-16/h6-7,12,20,24H,8-11H2,1-5H3/t20-/m0/s1. The molecule has 0 aromatic carbocycles. The lowest BCUT2D eigenvalue weighted by Gasteiger charge is -2.39. The van der Waals surface area contributed by atoms with E-state index >= 15 is 0 Å². The highest BCUT2D eigenvalue weighted by Crippen LogP contribution is 2.48. The summed E-state index contributed by atoms with van der Waals surface area (Å²) in [5.41, 5.74) is 2.79. The van der Waals surface area contributed by atoms with Crippen molar-refractivity contribution in [2.75, 3.05) is 13.2 Å². The summed E-state index contributed by atoms with van der Waals surface area (Å²) in [5.74, 6) is -0.704. The predicted molar refractivity (Wildman–Crippen MR) is 118 cm³/mol. The van der Waals surface area contributed by atoms with Crippen LogP contribution >= 0.6 is 27.3 Å². The molecule has 1 N–H and O–H groups in total. The van der Waals surface area contributed by atoms with Crippen molar-refractivity contribution in [2.24, 2.45) is 5.41 Å². The summed E-state index contributed by atoms with van der Waals surface area (Å²) in [7, 11) is 0. The molecule has 1 aliphatic carbocycles. The molecule has 5 nitrogen and oxygen atoms in total. The number of hydrogen-bond acceptors (Lipinski definition) is 6. The number of thiophene rings is 1. The molecule has 1 atom stereocenters. The minimum absolute atomic E-state index is 0.0816. The molecular weight excluding hydrogens is 454 g/mol. The van der Waals surface area contributed by atoms with E-state index in [1.807, 2.05) is 32.9 Å². The number of ether oxygens (including phenoxy) is 2. The summed E-state index contributed by atoms with van der Waals surface area (Å²) in [6.07, 6.45) is 1.33. The number of allylic oxidation sites excluding steroid dienone is 3. The topological polar surface area (TPSA) is 64.6 Å². The van der Waals surface area contributed by atoms with Crippen LogP contribution in [0.25, 0.3) is 0 Å². The molecule has 29 heavy (non-hydrogen) atoms. The van der Waals surface area contributed by atoms with Crippen LogP contribution < -0.4 is 5.32 Å². The van der Waals surface area contributed by atoms with Crippen molar-refractivity contribution in [3.8, 4) is 0 Å². The van der Waals surface area contributed by atoms with E-state index in [1.165, 1.54) is 0 Å². The number of dihydropyridines is 1. The minimum Gasteiger partial charge on any atom is -0.460 e. The van der Waals surface area contributed by atoms with Crippen molar-refractivity contribution in [3.05, 3.63) is 43.3 Å². The lowest BCUT2D eigenvalue weighted by molar-refractivity contribution is -0.141. The normalized spacial score (nSPS) is 21.3. The van der Waals surface area contributed by atoms with Gasteiger partial charge >= 0.3 is 5.97 Å². The Kier molecular flexibility index (Phi) is 6.70. The van der Waals surface area contributed by atoms with E-state index in [4.69, 9.17) is 9.47 Å². The van der Waals surface area contributed by atoms with Crippen molar-refractivity contribution in [3.63, 3.8) is 0 Å². The summed E-state index contributed by atoms with van der Waals surface area (Å²) in [4.78, 5) is 27.1. The molecule has 7 heteroatoms. The largest absolute Gasteiger partial charge is 0.460 e. The van der Waals surface area contributed by atoms with Gasteiger partial charge in [0.05, 0.1) is 28.0 Å². The molecule has 0 bridgehead atoms. The van der Waals surface area contributed by atoms with Gasteiger partial charge in [0.2, 0.25) is 0 Å². The van der Waals surface area contributed by atoms with Gasteiger partial charge in [-0.25, -0.2) is 4.79 Å². The van der Waals surface area contributed by atoms with Gasteiger partial charge in [-0.3, -0.25) is 4.79 Å². The molecular formula is C22H28BrNO4S. The van der Waals surface area contributed by atoms with Gasteiger partial charge in [0, 0.05) is 28.3 Å². The molecule has 1 aromatic rings. The number of esters is 1. The Labute approximate surface area is 184 Å². The van der Waals surface area contributed by atoms with Crippen LogP contribution in [0, 0.1) is 5.41 Å². The number of carbonyl (C=O) groups is 2. The second-order valence-electron chi connectivity index (χ2n) is 8.63. The number of hydrogen-bond donors (Lipinski definition) is 1. The van der Waals surface area contributed by atoms with Crippen molar-refractivity contribution < 1.29 is 19.1 Å². The second-order valence-corrected chi connectivity index (χ2v) is 11.1. The fourth-order valence-electron chi connectivity index (χ4n) is 3.97. The molecule has 2 heterocycles.